The SMILES string of the molecule is Cn1cc(S(=O)(=O)C(C)(F)C2CCN(C(=O)Nc3ccnnc3)CC2)c(C(F)F)n1. The Bertz CT molecular complexity index is 1010. The first-order valence-electron chi connectivity index (χ1n) is 9.12. The maximum absolute atomic E-state index is 15.6. The minimum absolute atomic E-state index is 0.0541. The van der Waals surface area contributed by atoms with Gasteiger partial charge in [-0.1, -0.05) is 0 Å². The van der Waals surface area contributed by atoms with Crippen molar-refractivity contribution in [2.24, 2.45) is 13.0 Å². The predicted molar refractivity (Wildman–Crippen MR) is 100 cm³/mol. The molecule has 0 radical (unpaired) electrons. The molecule has 1 N–H and O–H groups in total. The number of alkyl halides is 3. The summed E-state index contributed by atoms with van der Waals surface area (Å²) < 4.78 is 68.6. The van der Waals surface area contributed by atoms with Gasteiger partial charge in [0.05, 0.1) is 18.1 Å². The van der Waals surface area contributed by atoms with Crippen molar-refractivity contribution in [2.75, 3.05) is 18.4 Å². The summed E-state index contributed by atoms with van der Waals surface area (Å²) in [7, 11) is -3.46. The molecular weight excluding hydrogens is 425 g/mol. The van der Waals surface area contributed by atoms with Crippen molar-refractivity contribution in [3.63, 3.8) is 0 Å². The van der Waals surface area contributed by atoms with Gasteiger partial charge in [-0.2, -0.15) is 15.3 Å². The number of rotatable bonds is 5. The van der Waals surface area contributed by atoms with Crippen molar-refractivity contribution in [1.29, 1.82) is 0 Å². The van der Waals surface area contributed by atoms with Crippen molar-refractivity contribution >= 4 is 21.6 Å². The van der Waals surface area contributed by atoms with Crippen LogP contribution in [0.2, 0.25) is 0 Å². The van der Waals surface area contributed by atoms with Gasteiger partial charge in [0.2, 0.25) is 14.8 Å². The summed E-state index contributed by atoms with van der Waals surface area (Å²) in [5, 5.41) is 10.5. The molecule has 1 atom stereocenters. The van der Waals surface area contributed by atoms with Crippen molar-refractivity contribution in [2.45, 2.75) is 36.1 Å². The maximum Gasteiger partial charge on any atom is 0.321 e. The molecule has 0 aliphatic carbocycles. The highest BCUT2D eigenvalue weighted by Crippen LogP contribution is 2.41. The van der Waals surface area contributed by atoms with E-state index in [1.165, 1.54) is 24.3 Å². The maximum atomic E-state index is 15.6. The number of halogens is 3. The number of hydrogen-bond acceptors (Lipinski definition) is 6. The highest BCUT2D eigenvalue weighted by Gasteiger charge is 2.50. The van der Waals surface area contributed by atoms with Crippen LogP contribution in [0.25, 0.3) is 0 Å². The van der Waals surface area contributed by atoms with Gasteiger partial charge < -0.3 is 10.2 Å². The third kappa shape index (κ3) is 4.11. The number of anilines is 1. The molecule has 9 nitrogen and oxygen atoms in total. The third-order valence-corrected chi connectivity index (χ3v) is 7.47. The monoisotopic (exact) mass is 446 g/mol. The van der Waals surface area contributed by atoms with Crippen LogP contribution >= 0.6 is 0 Å². The van der Waals surface area contributed by atoms with Crippen molar-refractivity contribution in [3.8, 4) is 0 Å². The molecule has 3 rings (SSSR count). The number of nitrogens with zero attached hydrogens (tertiary/aromatic N) is 5. The van der Waals surface area contributed by atoms with Gasteiger partial charge in [-0.15, -0.1) is 0 Å². The van der Waals surface area contributed by atoms with Crippen molar-refractivity contribution in [1.82, 2.24) is 24.9 Å². The van der Waals surface area contributed by atoms with Crippen LogP contribution in [0.1, 0.15) is 31.9 Å². The zero-order chi connectivity index (χ0) is 22.1. The topological polar surface area (TPSA) is 110 Å². The van der Waals surface area contributed by atoms with Gasteiger partial charge in [-0.05, 0) is 25.8 Å². The molecule has 1 aliphatic heterocycles. The lowest BCUT2D eigenvalue weighted by Crippen LogP contribution is -2.48. The number of aromatic nitrogens is 4. The van der Waals surface area contributed by atoms with Gasteiger partial charge in [0, 0.05) is 32.3 Å². The summed E-state index contributed by atoms with van der Waals surface area (Å²) in [6.45, 7) is 1.10. The van der Waals surface area contributed by atoms with Crippen LogP contribution in [0.5, 0.6) is 0 Å². The second kappa shape index (κ2) is 8.20. The Hall–Kier alpha value is -2.70. The Morgan fingerprint density at radius 3 is 2.53 bits per heavy atom. The summed E-state index contributed by atoms with van der Waals surface area (Å²) in [6, 6.07) is 1.12. The molecular formula is C17H21F3N6O3S. The van der Waals surface area contributed by atoms with E-state index >= 15 is 4.39 Å². The van der Waals surface area contributed by atoms with Crippen LogP contribution < -0.4 is 5.32 Å². The van der Waals surface area contributed by atoms with Crippen LogP contribution in [0.15, 0.2) is 29.6 Å². The number of urea groups is 1. The fourth-order valence-electron chi connectivity index (χ4n) is 3.44. The predicted octanol–water partition coefficient (Wildman–Crippen LogP) is 2.55. The van der Waals surface area contributed by atoms with Crippen molar-refractivity contribution in [3.05, 3.63) is 30.4 Å². The first-order chi connectivity index (χ1) is 14.0. The molecule has 3 heterocycles. The molecule has 0 spiro atoms. The van der Waals surface area contributed by atoms with E-state index in [1.54, 1.807) is 6.07 Å². The number of carbonyl (C=O) groups excluding carboxylic acids is 1. The molecule has 2 aromatic rings. The molecule has 30 heavy (non-hydrogen) atoms. The Balaban J connectivity index is 1.72. The smallest absolute Gasteiger partial charge is 0.321 e. The molecule has 2 amide bonds. The molecule has 1 unspecified atom stereocenters. The molecule has 2 aromatic heterocycles. The lowest BCUT2D eigenvalue weighted by molar-refractivity contribution is 0.116. The van der Waals surface area contributed by atoms with Crippen molar-refractivity contribution < 1.29 is 26.4 Å². The first-order valence-corrected chi connectivity index (χ1v) is 10.6. The fraction of sp³-hybridized carbons (Fsp3) is 0.529. The lowest BCUT2D eigenvalue weighted by Gasteiger charge is -2.37. The first kappa shape index (κ1) is 22.0. The average Bonchev–Trinajstić information content (AvgIpc) is 3.11. The highest BCUT2D eigenvalue weighted by molar-refractivity contribution is 7.92. The minimum atomic E-state index is -4.74. The second-order valence-electron chi connectivity index (χ2n) is 7.16. The highest BCUT2D eigenvalue weighted by atomic mass is 32.2. The summed E-state index contributed by atoms with van der Waals surface area (Å²) >= 11 is 0. The van der Waals surface area contributed by atoms with Gasteiger partial charge in [0.25, 0.3) is 6.43 Å². The van der Waals surface area contributed by atoms with Gasteiger partial charge in [0.15, 0.2) is 0 Å². The van der Waals surface area contributed by atoms with E-state index < -0.39 is 43.8 Å². The summed E-state index contributed by atoms with van der Waals surface area (Å²) in [4.78, 5) is 12.9. The zero-order valence-corrected chi connectivity index (χ0v) is 17.1. The number of amides is 2. The molecule has 0 saturated carbocycles. The molecule has 1 aliphatic rings. The van der Waals surface area contributed by atoms with Gasteiger partial charge >= 0.3 is 6.03 Å². The molecule has 1 saturated heterocycles. The number of likely N-dealkylation sites (tertiary alicyclic amines) is 1. The molecule has 1 fully saturated rings. The summed E-state index contributed by atoms with van der Waals surface area (Å²) in [6.07, 6.45) is 0.620. The van der Waals surface area contributed by atoms with Gasteiger partial charge in [0.1, 0.15) is 10.6 Å². The second-order valence-corrected chi connectivity index (χ2v) is 9.41. The average molecular weight is 446 g/mol. The summed E-state index contributed by atoms with van der Waals surface area (Å²) in [5.41, 5.74) is -0.532. The van der Waals surface area contributed by atoms with E-state index in [0.29, 0.717) is 5.69 Å². The van der Waals surface area contributed by atoms with Gasteiger partial charge in [-0.25, -0.2) is 26.4 Å². The molecule has 164 valence electrons. The Morgan fingerprint density at radius 2 is 1.97 bits per heavy atom. The van der Waals surface area contributed by atoms with Crippen LogP contribution in [0, 0.1) is 5.92 Å². The number of hydrogen-bond donors (Lipinski definition) is 1. The Labute approximate surface area is 171 Å². The van der Waals surface area contributed by atoms with Crippen LogP contribution in [0.4, 0.5) is 23.7 Å². The van der Waals surface area contributed by atoms with Gasteiger partial charge in [-0.3, -0.25) is 4.68 Å². The summed E-state index contributed by atoms with van der Waals surface area (Å²) in [5.74, 6) is -0.972. The molecule has 0 aromatic carbocycles. The standard InChI is InChI=1S/C17H21F3N6O3S/c1-17(20,30(28,29)13-10-25(2)24-14(13)15(18)19)11-4-7-26(8-5-11)16(27)23-12-3-6-21-22-9-12/h3,6,9-11,15H,4-5,7-8H2,1-2H3,(H,21,23,27). The van der Waals surface area contributed by atoms with E-state index in [0.717, 1.165) is 17.8 Å². The van der Waals surface area contributed by atoms with E-state index in [9.17, 15) is 22.0 Å². The lowest BCUT2D eigenvalue weighted by atomic mass is 9.92. The Morgan fingerprint density at radius 1 is 1.30 bits per heavy atom. The van der Waals surface area contributed by atoms with Crippen LogP contribution in [0.3, 0.4) is 0 Å². The number of piperidine rings is 1. The van der Waals surface area contributed by atoms with E-state index in [2.05, 4.69) is 20.6 Å². The number of sulfone groups is 1. The van der Waals surface area contributed by atoms with E-state index in [1.807, 2.05) is 0 Å². The number of nitrogens with one attached hydrogen (secondary N) is 1. The quantitative estimate of drug-likeness (QED) is 0.756. The zero-order valence-electron chi connectivity index (χ0n) is 16.3. The third-order valence-electron chi connectivity index (χ3n) is 5.19. The van der Waals surface area contributed by atoms with Crippen LogP contribution in [-0.4, -0.2) is 57.4 Å². The Kier molecular flexibility index (Phi) is 6.01. The molecule has 0 bridgehead atoms. The minimum Gasteiger partial charge on any atom is -0.325 e. The normalized spacial score (nSPS) is 17.7. The van der Waals surface area contributed by atoms with E-state index in [-0.39, 0.29) is 25.9 Å². The largest absolute Gasteiger partial charge is 0.325 e. The molecule has 13 heteroatoms. The van der Waals surface area contributed by atoms with Crippen LogP contribution in [-0.2, 0) is 16.9 Å². The number of carbonyl (C=O) groups is 1. The fourth-order valence-corrected chi connectivity index (χ4v) is 5.24. The van der Waals surface area contributed by atoms with E-state index in [4.69, 9.17) is 0 Å². The number of aryl methyl sites for hydroxylation is 1.